The van der Waals surface area contributed by atoms with Crippen LogP contribution >= 0.6 is 39.0 Å². The van der Waals surface area contributed by atoms with Crippen molar-refractivity contribution in [1.82, 2.24) is 4.98 Å². The van der Waals surface area contributed by atoms with Crippen LogP contribution in [0.15, 0.2) is 37.3 Å². The van der Waals surface area contributed by atoms with E-state index in [0.717, 1.165) is 20.9 Å². The Bertz CT molecular complexity index is 538. The Morgan fingerprint density at radius 2 is 2.28 bits per heavy atom. The van der Waals surface area contributed by atoms with Crippen molar-refractivity contribution in [3.63, 3.8) is 0 Å². The Kier molecular flexibility index (Phi) is 4.84. The average Bonchev–Trinajstić information content (AvgIpc) is 2.67. The molecule has 1 unspecified atom stereocenters. The highest BCUT2D eigenvalue weighted by Gasteiger charge is 2.07. The summed E-state index contributed by atoms with van der Waals surface area (Å²) < 4.78 is 2.19. The van der Waals surface area contributed by atoms with Crippen molar-refractivity contribution in [1.29, 1.82) is 0 Å². The summed E-state index contributed by atoms with van der Waals surface area (Å²) in [6, 6.07) is 6.60. The summed E-state index contributed by atoms with van der Waals surface area (Å²) in [4.78, 5) is 5.65. The van der Waals surface area contributed by atoms with E-state index in [1.54, 1.807) is 23.1 Å². The van der Waals surface area contributed by atoms with E-state index in [-0.39, 0.29) is 6.04 Å². The first-order valence-electron chi connectivity index (χ1n) is 5.68. The lowest BCUT2D eigenvalue weighted by Gasteiger charge is -2.08. The van der Waals surface area contributed by atoms with E-state index in [0.29, 0.717) is 0 Å². The molecule has 1 heterocycles. The molecule has 0 bridgehead atoms. The number of halogens is 1. The first-order chi connectivity index (χ1) is 8.54. The molecule has 1 atom stereocenters. The number of hydrogen-bond donors (Lipinski definition) is 1. The fourth-order valence-electron chi connectivity index (χ4n) is 1.60. The van der Waals surface area contributed by atoms with Gasteiger partial charge in [0.05, 0.1) is 0 Å². The Morgan fingerprint density at radius 3 is 2.83 bits per heavy atom. The van der Waals surface area contributed by atoms with Crippen LogP contribution in [-0.4, -0.2) is 11.0 Å². The molecule has 1 aromatic carbocycles. The molecular weight excluding hydrogens is 328 g/mol. The molecule has 0 aliphatic rings. The molecule has 2 N–H and O–H groups in total. The van der Waals surface area contributed by atoms with Gasteiger partial charge in [-0.1, -0.05) is 17.8 Å². The fraction of sp³-hybridized carbons (Fsp3) is 0.308. The van der Waals surface area contributed by atoms with Gasteiger partial charge >= 0.3 is 0 Å². The highest BCUT2D eigenvalue weighted by molar-refractivity contribution is 9.10. The molecule has 96 valence electrons. The van der Waals surface area contributed by atoms with E-state index in [2.05, 4.69) is 44.5 Å². The van der Waals surface area contributed by atoms with Gasteiger partial charge in [0.2, 0.25) is 0 Å². The van der Waals surface area contributed by atoms with Crippen LogP contribution in [0.25, 0.3) is 0 Å². The standard InChI is InChI=1S/C13H15BrN2S2/c1-8(15)5-10-3-4-12(11(14)6-10)18-13-16-9(2)7-17-13/h3-4,6-8H,5,15H2,1-2H3. The molecule has 0 fully saturated rings. The number of nitrogens with two attached hydrogens (primary N) is 1. The molecule has 0 saturated carbocycles. The molecule has 0 saturated heterocycles. The van der Waals surface area contributed by atoms with Crippen LogP contribution in [-0.2, 0) is 6.42 Å². The molecule has 2 nitrogen and oxygen atoms in total. The van der Waals surface area contributed by atoms with Crippen molar-refractivity contribution in [2.45, 2.75) is 35.5 Å². The Balaban J connectivity index is 2.14. The molecule has 2 aromatic rings. The maximum absolute atomic E-state index is 5.81. The van der Waals surface area contributed by atoms with Gasteiger partial charge in [0.1, 0.15) is 0 Å². The second-order valence-electron chi connectivity index (χ2n) is 4.30. The summed E-state index contributed by atoms with van der Waals surface area (Å²) in [5.74, 6) is 0. The lowest BCUT2D eigenvalue weighted by atomic mass is 10.1. The van der Waals surface area contributed by atoms with E-state index in [1.165, 1.54) is 10.5 Å². The number of benzene rings is 1. The van der Waals surface area contributed by atoms with Crippen LogP contribution in [0.3, 0.4) is 0 Å². The third-order valence-electron chi connectivity index (χ3n) is 2.35. The van der Waals surface area contributed by atoms with Gasteiger partial charge in [-0.05, 0) is 53.9 Å². The Labute approximate surface area is 124 Å². The summed E-state index contributed by atoms with van der Waals surface area (Å²) in [7, 11) is 0. The third-order valence-corrected chi connectivity index (χ3v) is 5.40. The first-order valence-corrected chi connectivity index (χ1v) is 8.17. The van der Waals surface area contributed by atoms with Crippen LogP contribution in [0.5, 0.6) is 0 Å². The maximum Gasteiger partial charge on any atom is 0.154 e. The van der Waals surface area contributed by atoms with Crippen molar-refractivity contribution in [2.24, 2.45) is 5.73 Å². The summed E-state index contributed by atoms with van der Waals surface area (Å²) in [5, 5.41) is 2.07. The number of aryl methyl sites for hydroxylation is 1. The highest BCUT2D eigenvalue weighted by Crippen LogP contribution is 2.35. The van der Waals surface area contributed by atoms with E-state index in [1.807, 2.05) is 13.8 Å². The second kappa shape index (κ2) is 6.19. The minimum Gasteiger partial charge on any atom is -0.328 e. The first kappa shape index (κ1) is 14.1. The topological polar surface area (TPSA) is 38.9 Å². The molecule has 18 heavy (non-hydrogen) atoms. The zero-order chi connectivity index (χ0) is 13.1. The number of thiazole rings is 1. The van der Waals surface area contributed by atoms with E-state index >= 15 is 0 Å². The second-order valence-corrected chi connectivity index (χ2v) is 7.30. The number of hydrogen-bond acceptors (Lipinski definition) is 4. The summed E-state index contributed by atoms with van der Waals surface area (Å²) in [5.41, 5.74) is 8.15. The van der Waals surface area contributed by atoms with Crippen molar-refractivity contribution in [3.8, 4) is 0 Å². The zero-order valence-corrected chi connectivity index (χ0v) is 13.5. The molecule has 0 aliphatic carbocycles. The lowest BCUT2D eigenvalue weighted by molar-refractivity contribution is 0.737. The summed E-state index contributed by atoms with van der Waals surface area (Å²) >= 11 is 6.99. The average molecular weight is 343 g/mol. The number of aromatic nitrogens is 1. The van der Waals surface area contributed by atoms with Crippen LogP contribution in [0.4, 0.5) is 0 Å². The van der Waals surface area contributed by atoms with Gasteiger partial charge in [0.25, 0.3) is 0 Å². The minimum atomic E-state index is 0.192. The molecule has 0 amide bonds. The lowest BCUT2D eigenvalue weighted by Crippen LogP contribution is -2.17. The fourth-order valence-corrected chi connectivity index (χ4v) is 4.07. The van der Waals surface area contributed by atoms with Gasteiger partial charge in [0, 0.05) is 26.5 Å². The smallest absolute Gasteiger partial charge is 0.154 e. The molecule has 1 aromatic heterocycles. The molecule has 5 heteroatoms. The molecule has 0 spiro atoms. The van der Waals surface area contributed by atoms with Gasteiger partial charge in [-0.3, -0.25) is 0 Å². The molecule has 0 radical (unpaired) electrons. The predicted molar refractivity (Wildman–Crippen MR) is 82.5 cm³/mol. The van der Waals surface area contributed by atoms with Gasteiger partial charge in [-0.25, -0.2) is 4.98 Å². The molecule has 2 rings (SSSR count). The third kappa shape index (κ3) is 3.82. The molecular formula is C13H15BrN2S2. The van der Waals surface area contributed by atoms with E-state index in [4.69, 9.17) is 5.73 Å². The van der Waals surface area contributed by atoms with Crippen LogP contribution in [0.1, 0.15) is 18.2 Å². The summed E-state index contributed by atoms with van der Waals surface area (Å²) in [6.07, 6.45) is 0.903. The highest BCUT2D eigenvalue weighted by atomic mass is 79.9. The van der Waals surface area contributed by atoms with E-state index < -0.39 is 0 Å². The van der Waals surface area contributed by atoms with Gasteiger partial charge in [-0.2, -0.15) is 0 Å². The SMILES string of the molecule is Cc1csc(Sc2ccc(CC(C)N)cc2Br)n1. The van der Waals surface area contributed by atoms with Crippen LogP contribution < -0.4 is 5.73 Å². The van der Waals surface area contributed by atoms with Crippen LogP contribution in [0.2, 0.25) is 0 Å². The zero-order valence-electron chi connectivity index (χ0n) is 10.3. The quantitative estimate of drug-likeness (QED) is 0.902. The van der Waals surface area contributed by atoms with Gasteiger partial charge in [0.15, 0.2) is 4.34 Å². The Hall–Kier alpha value is -0.360. The number of nitrogens with zero attached hydrogens (tertiary/aromatic N) is 1. The van der Waals surface area contributed by atoms with Gasteiger partial charge in [-0.15, -0.1) is 11.3 Å². The van der Waals surface area contributed by atoms with Crippen LogP contribution in [0, 0.1) is 6.92 Å². The molecule has 0 aliphatic heterocycles. The number of rotatable bonds is 4. The summed E-state index contributed by atoms with van der Waals surface area (Å²) in [6.45, 7) is 4.04. The monoisotopic (exact) mass is 342 g/mol. The van der Waals surface area contributed by atoms with Crippen molar-refractivity contribution < 1.29 is 0 Å². The van der Waals surface area contributed by atoms with E-state index in [9.17, 15) is 0 Å². The predicted octanol–water partition coefficient (Wildman–Crippen LogP) is 4.25. The largest absolute Gasteiger partial charge is 0.328 e. The minimum absolute atomic E-state index is 0.192. The normalized spacial score (nSPS) is 12.7. The van der Waals surface area contributed by atoms with Crippen molar-refractivity contribution in [3.05, 3.63) is 39.3 Å². The van der Waals surface area contributed by atoms with Crippen molar-refractivity contribution in [2.75, 3.05) is 0 Å². The maximum atomic E-state index is 5.81. The van der Waals surface area contributed by atoms with Gasteiger partial charge < -0.3 is 5.73 Å². The van der Waals surface area contributed by atoms with Crippen molar-refractivity contribution >= 4 is 39.0 Å². The Morgan fingerprint density at radius 1 is 1.50 bits per heavy atom.